The SMILES string of the molecule is Cl.O=C1CCc2cc(C(=O)N3CCN(CCOc4cccc(Cl)c4)CC3)ccc2N1. The highest BCUT2D eigenvalue weighted by atomic mass is 35.5. The molecule has 2 aromatic carbocycles. The van der Waals surface area contributed by atoms with Crippen LogP contribution in [0.1, 0.15) is 22.3 Å². The molecule has 2 heterocycles. The lowest BCUT2D eigenvalue weighted by atomic mass is 10.00. The minimum atomic E-state index is 0. The third kappa shape index (κ3) is 5.45. The molecule has 2 aliphatic rings. The number of hydrogen-bond acceptors (Lipinski definition) is 4. The number of piperazine rings is 1. The number of nitrogens with zero attached hydrogens (tertiary/aromatic N) is 2. The van der Waals surface area contributed by atoms with Gasteiger partial charge in [-0.25, -0.2) is 0 Å². The molecular formula is C22H25Cl2N3O3. The van der Waals surface area contributed by atoms with Gasteiger partial charge in [0.25, 0.3) is 5.91 Å². The van der Waals surface area contributed by atoms with E-state index in [2.05, 4.69) is 10.2 Å². The quantitative estimate of drug-likeness (QED) is 0.758. The summed E-state index contributed by atoms with van der Waals surface area (Å²) in [5.74, 6) is 0.862. The Bertz CT molecular complexity index is 914. The molecule has 0 radical (unpaired) electrons. The number of carbonyl (C=O) groups excluding carboxylic acids is 2. The van der Waals surface area contributed by atoms with Crippen molar-refractivity contribution < 1.29 is 14.3 Å². The van der Waals surface area contributed by atoms with Crippen molar-refractivity contribution in [3.8, 4) is 5.75 Å². The van der Waals surface area contributed by atoms with Gasteiger partial charge in [0.05, 0.1) is 0 Å². The number of hydrogen-bond donors (Lipinski definition) is 1. The Kier molecular flexibility index (Phi) is 7.58. The van der Waals surface area contributed by atoms with Crippen LogP contribution in [0.3, 0.4) is 0 Å². The molecule has 1 N–H and O–H groups in total. The first-order chi connectivity index (χ1) is 14.1. The number of ether oxygens (including phenoxy) is 1. The normalized spacial score (nSPS) is 16.3. The molecule has 0 bridgehead atoms. The van der Waals surface area contributed by atoms with E-state index in [1.165, 1.54) is 0 Å². The topological polar surface area (TPSA) is 61.9 Å². The molecule has 0 aromatic heterocycles. The van der Waals surface area contributed by atoms with Crippen molar-refractivity contribution in [3.05, 3.63) is 58.6 Å². The molecule has 1 fully saturated rings. The standard InChI is InChI=1S/C22H24ClN3O3.ClH/c23-18-2-1-3-19(15-18)29-13-12-25-8-10-26(11-9-25)22(28)17-4-6-20-16(14-17)5-7-21(27)24-20;/h1-4,6,14-15H,5,7-13H2,(H,24,27);1H. The fourth-order valence-electron chi connectivity index (χ4n) is 3.72. The van der Waals surface area contributed by atoms with Crippen LogP contribution in [0.25, 0.3) is 0 Å². The second kappa shape index (κ2) is 10.2. The molecule has 4 rings (SSSR count). The Morgan fingerprint density at radius 2 is 1.87 bits per heavy atom. The number of aryl methyl sites for hydroxylation is 1. The molecule has 160 valence electrons. The fourth-order valence-corrected chi connectivity index (χ4v) is 3.90. The maximum atomic E-state index is 12.9. The maximum absolute atomic E-state index is 12.9. The number of nitrogens with one attached hydrogen (secondary N) is 1. The number of halogens is 2. The summed E-state index contributed by atoms with van der Waals surface area (Å²) in [4.78, 5) is 28.6. The van der Waals surface area contributed by atoms with E-state index in [1.54, 1.807) is 6.07 Å². The molecule has 0 aliphatic carbocycles. The Balaban J connectivity index is 0.00000256. The zero-order valence-corrected chi connectivity index (χ0v) is 18.2. The van der Waals surface area contributed by atoms with E-state index < -0.39 is 0 Å². The number of rotatable bonds is 5. The van der Waals surface area contributed by atoms with E-state index in [0.717, 1.165) is 36.6 Å². The van der Waals surface area contributed by atoms with Crippen LogP contribution in [0.4, 0.5) is 5.69 Å². The van der Waals surface area contributed by atoms with E-state index in [4.69, 9.17) is 16.3 Å². The van der Waals surface area contributed by atoms with Gasteiger partial charge >= 0.3 is 0 Å². The smallest absolute Gasteiger partial charge is 0.253 e. The Labute approximate surface area is 187 Å². The summed E-state index contributed by atoms with van der Waals surface area (Å²) in [7, 11) is 0. The molecule has 6 nitrogen and oxygen atoms in total. The van der Waals surface area contributed by atoms with Crippen molar-refractivity contribution in [2.75, 3.05) is 44.6 Å². The lowest BCUT2D eigenvalue weighted by Gasteiger charge is -2.34. The molecule has 2 aromatic rings. The largest absolute Gasteiger partial charge is 0.492 e. The average molecular weight is 450 g/mol. The minimum absolute atomic E-state index is 0. The van der Waals surface area contributed by atoms with Crippen LogP contribution in [0, 0.1) is 0 Å². The van der Waals surface area contributed by atoms with Gasteiger partial charge < -0.3 is 15.0 Å². The fraction of sp³-hybridized carbons (Fsp3) is 0.364. The number of benzene rings is 2. The third-order valence-corrected chi connectivity index (χ3v) is 5.61. The summed E-state index contributed by atoms with van der Waals surface area (Å²) in [6, 6.07) is 13.0. The molecule has 2 amide bonds. The minimum Gasteiger partial charge on any atom is -0.492 e. The molecule has 2 aliphatic heterocycles. The number of anilines is 1. The van der Waals surface area contributed by atoms with E-state index in [9.17, 15) is 9.59 Å². The van der Waals surface area contributed by atoms with Gasteiger partial charge in [-0.3, -0.25) is 14.5 Å². The van der Waals surface area contributed by atoms with Gasteiger partial charge in [-0.1, -0.05) is 17.7 Å². The monoisotopic (exact) mass is 449 g/mol. The molecule has 30 heavy (non-hydrogen) atoms. The van der Waals surface area contributed by atoms with E-state index in [1.807, 2.05) is 41.3 Å². The third-order valence-electron chi connectivity index (χ3n) is 5.38. The van der Waals surface area contributed by atoms with Crippen molar-refractivity contribution >= 4 is 41.5 Å². The van der Waals surface area contributed by atoms with E-state index >= 15 is 0 Å². The van der Waals surface area contributed by atoms with Gasteiger partial charge in [0.2, 0.25) is 5.91 Å². The summed E-state index contributed by atoms with van der Waals surface area (Å²) in [5, 5.41) is 3.52. The predicted molar refractivity (Wildman–Crippen MR) is 120 cm³/mol. The van der Waals surface area contributed by atoms with Gasteiger partial charge in [0.15, 0.2) is 0 Å². The summed E-state index contributed by atoms with van der Waals surface area (Å²) in [5.41, 5.74) is 2.55. The highest BCUT2D eigenvalue weighted by Crippen LogP contribution is 2.24. The second-order valence-electron chi connectivity index (χ2n) is 7.36. The highest BCUT2D eigenvalue weighted by molar-refractivity contribution is 6.30. The summed E-state index contributed by atoms with van der Waals surface area (Å²) in [6.07, 6.45) is 1.16. The Hall–Kier alpha value is -2.28. The zero-order chi connectivity index (χ0) is 20.2. The average Bonchev–Trinajstić information content (AvgIpc) is 2.73. The summed E-state index contributed by atoms with van der Waals surface area (Å²) >= 11 is 5.97. The first-order valence-corrected chi connectivity index (χ1v) is 10.3. The Morgan fingerprint density at radius 3 is 2.63 bits per heavy atom. The van der Waals surface area contributed by atoms with Crippen LogP contribution in [0.5, 0.6) is 5.75 Å². The summed E-state index contributed by atoms with van der Waals surface area (Å²) < 4.78 is 5.76. The van der Waals surface area contributed by atoms with Crippen LogP contribution in [0.2, 0.25) is 5.02 Å². The van der Waals surface area contributed by atoms with Gasteiger partial charge in [-0.2, -0.15) is 0 Å². The van der Waals surface area contributed by atoms with Crippen LogP contribution in [0.15, 0.2) is 42.5 Å². The van der Waals surface area contributed by atoms with Crippen LogP contribution >= 0.6 is 24.0 Å². The number of amides is 2. The van der Waals surface area contributed by atoms with Crippen LogP contribution in [-0.4, -0.2) is 60.9 Å². The zero-order valence-electron chi connectivity index (χ0n) is 16.6. The van der Waals surface area contributed by atoms with Gasteiger partial charge in [0, 0.05) is 55.4 Å². The molecule has 0 spiro atoms. The van der Waals surface area contributed by atoms with Gasteiger partial charge in [-0.15, -0.1) is 12.4 Å². The van der Waals surface area contributed by atoms with Crippen molar-refractivity contribution in [1.82, 2.24) is 9.80 Å². The van der Waals surface area contributed by atoms with E-state index in [0.29, 0.717) is 43.1 Å². The first kappa shape index (κ1) is 22.4. The second-order valence-corrected chi connectivity index (χ2v) is 7.80. The van der Waals surface area contributed by atoms with Crippen molar-refractivity contribution in [3.63, 3.8) is 0 Å². The molecule has 0 atom stereocenters. The molecular weight excluding hydrogens is 425 g/mol. The van der Waals surface area contributed by atoms with Crippen molar-refractivity contribution in [2.45, 2.75) is 12.8 Å². The highest BCUT2D eigenvalue weighted by Gasteiger charge is 2.23. The number of carbonyl (C=O) groups is 2. The molecule has 0 unspecified atom stereocenters. The van der Waals surface area contributed by atoms with Gasteiger partial charge in [-0.05, 0) is 48.4 Å². The van der Waals surface area contributed by atoms with Crippen molar-refractivity contribution in [1.29, 1.82) is 0 Å². The molecule has 8 heteroatoms. The van der Waals surface area contributed by atoms with Crippen molar-refractivity contribution in [2.24, 2.45) is 0 Å². The first-order valence-electron chi connectivity index (χ1n) is 9.91. The molecule has 0 saturated carbocycles. The van der Waals surface area contributed by atoms with Crippen LogP contribution in [-0.2, 0) is 11.2 Å². The Morgan fingerprint density at radius 1 is 1.07 bits per heavy atom. The number of fused-ring (bicyclic) bond motifs is 1. The lowest BCUT2D eigenvalue weighted by molar-refractivity contribution is -0.116. The predicted octanol–water partition coefficient (Wildman–Crippen LogP) is 3.48. The van der Waals surface area contributed by atoms with Crippen LogP contribution < -0.4 is 10.1 Å². The lowest BCUT2D eigenvalue weighted by Crippen LogP contribution is -2.49. The summed E-state index contributed by atoms with van der Waals surface area (Å²) in [6.45, 7) is 4.45. The molecule has 1 saturated heterocycles. The van der Waals surface area contributed by atoms with Gasteiger partial charge in [0.1, 0.15) is 12.4 Å². The maximum Gasteiger partial charge on any atom is 0.253 e. The van der Waals surface area contributed by atoms with E-state index in [-0.39, 0.29) is 24.2 Å².